The summed E-state index contributed by atoms with van der Waals surface area (Å²) in [5.41, 5.74) is 5.22. The zero-order valence-corrected chi connectivity index (χ0v) is 33.8. The smallest absolute Gasteiger partial charge is 0.410 e. The van der Waals surface area contributed by atoms with Crippen molar-refractivity contribution >= 4 is 18.1 Å². The molecule has 5 rings (SSSR count). The highest BCUT2D eigenvalue weighted by molar-refractivity contribution is 5.86. The summed E-state index contributed by atoms with van der Waals surface area (Å²) in [6, 6.07) is 15.2. The van der Waals surface area contributed by atoms with Gasteiger partial charge in [0.1, 0.15) is 23.3 Å². The van der Waals surface area contributed by atoms with E-state index >= 15 is 0 Å². The molecule has 3 amide bonds. The predicted octanol–water partition coefficient (Wildman–Crippen LogP) is 8.00. The number of carbonyl (C=O) groups excluding carboxylic acids is 3. The molecule has 55 heavy (non-hydrogen) atoms. The molecule has 0 unspecified atom stereocenters. The number of methoxy groups -OCH3 is 2. The van der Waals surface area contributed by atoms with Crippen LogP contribution in [0.15, 0.2) is 60.9 Å². The molecule has 1 saturated heterocycles. The van der Waals surface area contributed by atoms with Crippen LogP contribution >= 0.6 is 0 Å². The maximum absolute atomic E-state index is 13.9. The first-order valence-electron chi connectivity index (χ1n) is 19.0. The van der Waals surface area contributed by atoms with Crippen molar-refractivity contribution in [3.63, 3.8) is 0 Å². The van der Waals surface area contributed by atoms with Crippen LogP contribution in [0.25, 0.3) is 33.6 Å². The third-order valence-corrected chi connectivity index (χ3v) is 9.87. The summed E-state index contributed by atoms with van der Waals surface area (Å²) in [4.78, 5) is 58.8. The molecule has 3 heterocycles. The van der Waals surface area contributed by atoms with E-state index in [1.54, 1.807) is 23.1 Å². The molecule has 0 spiro atoms. The number of alkyl carbamates (subject to hydrolysis) is 1. The Balaban J connectivity index is 1.28. The van der Waals surface area contributed by atoms with E-state index in [4.69, 9.17) is 14.2 Å². The third-order valence-electron chi connectivity index (χ3n) is 9.87. The Kier molecular flexibility index (Phi) is 13.1. The number of hydrogen-bond donors (Lipinski definition) is 3. The third kappa shape index (κ3) is 10.1. The zero-order valence-electron chi connectivity index (χ0n) is 33.8. The lowest BCUT2D eigenvalue weighted by molar-refractivity contribution is -0.137. The molecule has 5 atom stereocenters. The first kappa shape index (κ1) is 41.0. The number of imidazole rings is 2. The number of H-pyrrole nitrogens is 2. The molecule has 1 aliphatic heterocycles. The van der Waals surface area contributed by atoms with Crippen LogP contribution < -0.4 is 5.32 Å². The lowest BCUT2D eigenvalue weighted by Gasteiger charge is -2.34. The Morgan fingerprint density at radius 3 is 2.00 bits per heavy atom. The van der Waals surface area contributed by atoms with Gasteiger partial charge in [-0.3, -0.25) is 9.69 Å². The molecule has 13 nitrogen and oxygen atoms in total. The lowest BCUT2D eigenvalue weighted by Crippen LogP contribution is -2.53. The van der Waals surface area contributed by atoms with Gasteiger partial charge in [-0.1, -0.05) is 76.2 Å². The van der Waals surface area contributed by atoms with Crippen LogP contribution in [0.1, 0.15) is 85.5 Å². The van der Waals surface area contributed by atoms with E-state index < -0.39 is 23.8 Å². The molecule has 0 bridgehead atoms. The van der Waals surface area contributed by atoms with Crippen molar-refractivity contribution in [2.75, 3.05) is 33.9 Å². The fourth-order valence-electron chi connectivity index (χ4n) is 7.00. The number of carbonyl (C=O) groups is 3. The second kappa shape index (κ2) is 17.5. The number of hydrogen-bond acceptors (Lipinski definition) is 8. The Hall–Kier alpha value is -5.17. The Morgan fingerprint density at radius 1 is 0.891 bits per heavy atom. The zero-order chi connectivity index (χ0) is 40.0. The largest absolute Gasteiger partial charge is 0.453 e. The average Bonchev–Trinajstić information content (AvgIpc) is 3.92. The van der Waals surface area contributed by atoms with E-state index in [0.29, 0.717) is 31.4 Å². The molecule has 0 radical (unpaired) electrons. The number of rotatable bonds is 13. The number of aromatic amines is 2. The highest BCUT2D eigenvalue weighted by Gasteiger charge is 2.38. The van der Waals surface area contributed by atoms with Crippen LogP contribution in [-0.4, -0.2) is 93.4 Å². The van der Waals surface area contributed by atoms with E-state index in [1.807, 2.05) is 66.8 Å². The number of likely N-dealkylation sites (tertiary alicyclic amines) is 1. The van der Waals surface area contributed by atoms with Gasteiger partial charge >= 0.3 is 12.2 Å². The van der Waals surface area contributed by atoms with Crippen molar-refractivity contribution in [3.8, 4) is 33.6 Å². The van der Waals surface area contributed by atoms with Crippen LogP contribution in [0.5, 0.6) is 0 Å². The highest BCUT2D eigenvalue weighted by atomic mass is 16.6. The minimum Gasteiger partial charge on any atom is -0.453 e. The maximum Gasteiger partial charge on any atom is 0.410 e. The molecule has 0 saturated carbocycles. The first-order valence-corrected chi connectivity index (χ1v) is 19.0. The van der Waals surface area contributed by atoms with Crippen molar-refractivity contribution in [1.29, 1.82) is 0 Å². The van der Waals surface area contributed by atoms with Crippen LogP contribution in [0, 0.1) is 17.8 Å². The van der Waals surface area contributed by atoms with Crippen molar-refractivity contribution in [3.05, 3.63) is 72.6 Å². The molecule has 2 aromatic heterocycles. The number of benzene rings is 2. The summed E-state index contributed by atoms with van der Waals surface area (Å²) in [5.74, 6) is 1.41. The van der Waals surface area contributed by atoms with Gasteiger partial charge in [-0.2, -0.15) is 0 Å². The second-order valence-corrected chi connectivity index (χ2v) is 16.1. The minimum atomic E-state index is -0.768. The molecular formula is C42H57N7O6. The molecule has 1 aliphatic rings. The average molecular weight is 756 g/mol. The second-order valence-electron chi connectivity index (χ2n) is 16.1. The molecule has 0 aliphatic carbocycles. The van der Waals surface area contributed by atoms with Crippen LogP contribution in [0.2, 0.25) is 0 Å². The fourth-order valence-corrected chi connectivity index (χ4v) is 7.00. The Morgan fingerprint density at radius 2 is 1.45 bits per heavy atom. The van der Waals surface area contributed by atoms with Crippen LogP contribution in [-0.2, 0) is 19.0 Å². The summed E-state index contributed by atoms with van der Waals surface area (Å²) in [5, 5.41) is 2.71. The van der Waals surface area contributed by atoms with Gasteiger partial charge in [0.15, 0.2) is 0 Å². The standard InChI is InChI=1S/C42H57N7O6/c1-25(2)36(47-40(51)54-10)39(50)48(23-27(4)24-53-9)28(5)37-43-20-33(45-37)31-15-11-29(12-16-31)30-13-17-32(18-14-30)34-21-44-38(46-34)35-19-26(3)22-49(35)41(52)55-42(6,7)8/h11-18,20-21,25-28,35-36H,19,22-24H2,1-10H3,(H,43,45)(H,44,46)(H,47,51)/t26-,27-,28-,35-,36-/m0/s1. The SMILES string of the molecule is COC[C@@H](C)CN(C(=O)[C@@H](NC(=O)OC)C(C)C)[C@@H](C)c1ncc(-c2ccc(-c3ccc(-c4cnc([C@@H]5C[C@H](C)CN5C(=O)OC(C)(C)C)[nH]4)cc3)cc2)[nH]1. The first-order chi connectivity index (χ1) is 26.1. The number of nitrogens with one attached hydrogen (secondary N) is 3. The lowest BCUT2D eigenvalue weighted by atomic mass is 10.0. The molecule has 1 fully saturated rings. The van der Waals surface area contributed by atoms with Crippen molar-refractivity contribution in [1.82, 2.24) is 35.1 Å². The number of amides is 3. The normalized spacial score (nSPS) is 17.5. The summed E-state index contributed by atoms with van der Waals surface area (Å²) in [6.45, 7) is 17.0. The fraction of sp³-hybridized carbons (Fsp3) is 0.500. The van der Waals surface area contributed by atoms with Crippen LogP contribution in [0.4, 0.5) is 9.59 Å². The minimum absolute atomic E-state index is 0.0490. The van der Waals surface area contributed by atoms with Crippen molar-refractivity contribution < 1.29 is 28.6 Å². The number of nitrogens with zero attached hydrogens (tertiary/aromatic N) is 4. The van der Waals surface area contributed by atoms with Crippen molar-refractivity contribution in [2.24, 2.45) is 17.8 Å². The summed E-state index contributed by atoms with van der Waals surface area (Å²) >= 11 is 0. The predicted molar refractivity (Wildman–Crippen MR) is 212 cm³/mol. The highest BCUT2D eigenvalue weighted by Crippen LogP contribution is 2.36. The van der Waals surface area contributed by atoms with Gasteiger partial charge in [0.05, 0.1) is 49.6 Å². The van der Waals surface area contributed by atoms with E-state index in [2.05, 4.69) is 68.6 Å². The van der Waals surface area contributed by atoms with Gasteiger partial charge < -0.3 is 34.4 Å². The van der Waals surface area contributed by atoms with E-state index in [1.165, 1.54) is 7.11 Å². The molecule has 3 N–H and O–H groups in total. The van der Waals surface area contributed by atoms with Gasteiger partial charge in [-0.15, -0.1) is 0 Å². The Bertz CT molecular complexity index is 1900. The Labute approximate surface area is 324 Å². The molecular weight excluding hydrogens is 699 g/mol. The number of aromatic nitrogens is 4. The van der Waals surface area contributed by atoms with Gasteiger partial charge in [-0.05, 0) is 74.1 Å². The van der Waals surface area contributed by atoms with E-state index in [9.17, 15) is 14.4 Å². The summed E-state index contributed by atoms with van der Waals surface area (Å²) < 4.78 is 15.8. The monoisotopic (exact) mass is 755 g/mol. The topological polar surface area (TPSA) is 155 Å². The number of ether oxygens (including phenoxy) is 3. The maximum atomic E-state index is 13.9. The van der Waals surface area contributed by atoms with Crippen LogP contribution in [0.3, 0.4) is 0 Å². The summed E-state index contributed by atoms with van der Waals surface area (Å²) in [6.07, 6.45) is 3.46. The molecule has 2 aromatic carbocycles. The molecule has 13 heteroatoms. The molecule has 4 aromatic rings. The van der Waals surface area contributed by atoms with Gasteiger partial charge in [0, 0.05) is 20.2 Å². The summed E-state index contributed by atoms with van der Waals surface area (Å²) in [7, 11) is 2.92. The van der Waals surface area contributed by atoms with E-state index in [0.717, 1.165) is 45.9 Å². The van der Waals surface area contributed by atoms with Gasteiger partial charge in [-0.25, -0.2) is 19.6 Å². The van der Waals surface area contributed by atoms with Crippen molar-refractivity contribution in [2.45, 2.75) is 85.5 Å². The van der Waals surface area contributed by atoms with Gasteiger partial charge in [0.25, 0.3) is 0 Å². The van der Waals surface area contributed by atoms with Gasteiger partial charge in [0.2, 0.25) is 5.91 Å². The van der Waals surface area contributed by atoms with E-state index in [-0.39, 0.29) is 29.9 Å². The molecule has 296 valence electrons. The quantitative estimate of drug-likeness (QED) is 0.124.